The highest BCUT2D eigenvalue weighted by molar-refractivity contribution is 6.09. The summed E-state index contributed by atoms with van der Waals surface area (Å²) in [5, 5.41) is 3.13. The fourth-order valence-corrected chi connectivity index (χ4v) is 6.08. The zero-order valence-corrected chi connectivity index (χ0v) is 24.6. The number of rotatable bonds is 5. The van der Waals surface area contributed by atoms with Gasteiger partial charge in [-0.2, -0.15) is 0 Å². The van der Waals surface area contributed by atoms with Crippen molar-refractivity contribution in [1.82, 2.24) is 34.1 Å². The van der Waals surface area contributed by atoms with Gasteiger partial charge in [0.1, 0.15) is 5.69 Å². The molecule has 4 heterocycles. The van der Waals surface area contributed by atoms with E-state index in [1.807, 2.05) is 97.2 Å². The smallest absolute Gasteiger partial charge is 0.235 e. The van der Waals surface area contributed by atoms with Gasteiger partial charge in [-0.3, -0.25) is 4.57 Å². The number of hydrogen-bond donors (Lipinski definition) is 0. The Bertz CT molecular complexity index is 2410. The molecule has 7 heteroatoms. The average Bonchev–Trinajstić information content (AvgIpc) is 3.72. The lowest BCUT2D eigenvalue weighted by Crippen LogP contribution is -2.06. The van der Waals surface area contributed by atoms with E-state index in [0.29, 0.717) is 29.1 Å². The van der Waals surface area contributed by atoms with Gasteiger partial charge < -0.3 is 4.57 Å². The van der Waals surface area contributed by atoms with E-state index in [9.17, 15) is 0 Å². The molecule has 0 N–H and O–H groups in total. The van der Waals surface area contributed by atoms with Crippen LogP contribution < -0.4 is 0 Å². The van der Waals surface area contributed by atoms with Gasteiger partial charge in [0.25, 0.3) is 0 Å². The lowest BCUT2D eigenvalue weighted by Gasteiger charge is -2.11. The molecular weight excluding hydrogens is 566 g/mol. The van der Waals surface area contributed by atoms with Crippen LogP contribution in [0, 0.1) is 0 Å². The van der Waals surface area contributed by atoms with E-state index in [1.54, 1.807) is 0 Å². The van der Waals surface area contributed by atoms with E-state index in [2.05, 4.69) is 63.9 Å². The SMILES string of the molecule is c1ccc(-c2nc(-c3ccccc3)nc(-c3nc(-n4c5ccccc5c5ccccc54)nc4cn(-c5ccccc5)cc34)n2)cc1. The molecule has 4 aromatic heterocycles. The molecule has 0 aliphatic carbocycles. The standard InChI is InChI=1S/C39H25N7/c1-4-14-26(15-5-1)36-42-37(27-16-6-2-7-17-27)44-38(43-36)35-31-24-45(28-18-8-3-9-19-28)25-32(31)40-39(41-35)46-33-22-12-10-20-29(33)30-21-11-13-23-34(30)46/h1-25H. The Morgan fingerprint density at radius 3 is 1.48 bits per heavy atom. The normalized spacial score (nSPS) is 11.5. The van der Waals surface area contributed by atoms with Crippen LogP contribution in [0.1, 0.15) is 0 Å². The first-order valence-corrected chi connectivity index (χ1v) is 15.1. The molecule has 46 heavy (non-hydrogen) atoms. The van der Waals surface area contributed by atoms with Gasteiger partial charge >= 0.3 is 0 Å². The molecule has 0 aliphatic heterocycles. The highest BCUT2D eigenvalue weighted by Gasteiger charge is 2.21. The monoisotopic (exact) mass is 591 g/mol. The molecule has 9 rings (SSSR count). The zero-order valence-electron chi connectivity index (χ0n) is 24.6. The molecule has 216 valence electrons. The van der Waals surface area contributed by atoms with Gasteiger partial charge in [0.2, 0.25) is 5.95 Å². The Labute approximate surface area is 264 Å². The summed E-state index contributed by atoms with van der Waals surface area (Å²) in [5.41, 5.74) is 6.30. The van der Waals surface area contributed by atoms with Crippen molar-refractivity contribution in [3.8, 4) is 45.9 Å². The minimum Gasteiger partial charge on any atom is -0.321 e. The summed E-state index contributed by atoms with van der Waals surface area (Å²) in [4.78, 5) is 25.5. The summed E-state index contributed by atoms with van der Waals surface area (Å²) in [6.45, 7) is 0. The number of fused-ring (bicyclic) bond motifs is 4. The van der Waals surface area contributed by atoms with Crippen LogP contribution in [-0.2, 0) is 0 Å². The maximum Gasteiger partial charge on any atom is 0.235 e. The summed E-state index contributed by atoms with van der Waals surface area (Å²) in [5.74, 6) is 2.19. The van der Waals surface area contributed by atoms with Gasteiger partial charge in [-0.25, -0.2) is 24.9 Å². The number of para-hydroxylation sites is 3. The van der Waals surface area contributed by atoms with Crippen molar-refractivity contribution >= 4 is 32.7 Å². The second-order valence-corrected chi connectivity index (χ2v) is 11.1. The molecule has 0 atom stereocenters. The lowest BCUT2D eigenvalue weighted by molar-refractivity contribution is 0.996. The summed E-state index contributed by atoms with van der Waals surface area (Å²) in [7, 11) is 0. The minimum atomic E-state index is 0.480. The van der Waals surface area contributed by atoms with E-state index < -0.39 is 0 Å². The van der Waals surface area contributed by atoms with Crippen molar-refractivity contribution in [3.05, 3.63) is 152 Å². The number of aromatic nitrogens is 7. The highest BCUT2D eigenvalue weighted by atomic mass is 15.2. The Kier molecular flexibility index (Phi) is 5.99. The third-order valence-corrected chi connectivity index (χ3v) is 8.24. The molecule has 0 unspecified atom stereocenters. The minimum absolute atomic E-state index is 0.480. The van der Waals surface area contributed by atoms with Crippen LogP contribution in [0.3, 0.4) is 0 Å². The molecule has 0 saturated heterocycles. The summed E-state index contributed by atoms with van der Waals surface area (Å²) >= 11 is 0. The zero-order chi connectivity index (χ0) is 30.5. The predicted molar refractivity (Wildman–Crippen MR) is 183 cm³/mol. The predicted octanol–water partition coefficient (Wildman–Crippen LogP) is 8.70. The largest absolute Gasteiger partial charge is 0.321 e. The van der Waals surface area contributed by atoms with E-state index in [-0.39, 0.29) is 0 Å². The number of nitrogens with zero attached hydrogens (tertiary/aromatic N) is 7. The van der Waals surface area contributed by atoms with Crippen molar-refractivity contribution in [1.29, 1.82) is 0 Å². The fraction of sp³-hybridized carbons (Fsp3) is 0. The van der Waals surface area contributed by atoms with Crippen LogP contribution in [0.5, 0.6) is 0 Å². The second kappa shape index (κ2) is 10.6. The van der Waals surface area contributed by atoms with Crippen molar-refractivity contribution in [2.24, 2.45) is 0 Å². The maximum atomic E-state index is 5.28. The number of benzene rings is 5. The van der Waals surface area contributed by atoms with Gasteiger partial charge in [0.05, 0.1) is 16.6 Å². The highest BCUT2D eigenvalue weighted by Crippen LogP contribution is 2.34. The van der Waals surface area contributed by atoms with Crippen LogP contribution in [0.2, 0.25) is 0 Å². The van der Waals surface area contributed by atoms with Crippen molar-refractivity contribution in [2.75, 3.05) is 0 Å². The lowest BCUT2D eigenvalue weighted by atomic mass is 10.1. The molecule has 0 bridgehead atoms. The van der Waals surface area contributed by atoms with Gasteiger partial charge in [0, 0.05) is 45.4 Å². The fourth-order valence-electron chi connectivity index (χ4n) is 6.08. The van der Waals surface area contributed by atoms with Gasteiger partial charge in [-0.15, -0.1) is 0 Å². The third-order valence-electron chi connectivity index (χ3n) is 8.24. The third kappa shape index (κ3) is 4.33. The molecule has 5 aromatic carbocycles. The van der Waals surface area contributed by atoms with E-state index in [4.69, 9.17) is 24.9 Å². The Balaban J connectivity index is 1.36. The van der Waals surface area contributed by atoms with Gasteiger partial charge in [0.15, 0.2) is 17.5 Å². The number of hydrogen-bond acceptors (Lipinski definition) is 5. The summed E-state index contributed by atoms with van der Waals surface area (Å²) < 4.78 is 4.21. The molecule has 7 nitrogen and oxygen atoms in total. The molecule has 9 aromatic rings. The second-order valence-electron chi connectivity index (χ2n) is 11.1. The van der Waals surface area contributed by atoms with Crippen molar-refractivity contribution < 1.29 is 0 Å². The Hall–Kier alpha value is -6.47. The first kappa shape index (κ1) is 26.0. The van der Waals surface area contributed by atoms with Crippen LogP contribution in [0.15, 0.2) is 152 Å². The van der Waals surface area contributed by atoms with Crippen molar-refractivity contribution in [2.45, 2.75) is 0 Å². The summed E-state index contributed by atoms with van der Waals surface area (Å²) in [6.07, 6.45) is 4.11. The molecule has 0 radical (unpaired) electrons. The van der Waals surface area contributed by atoms with Crippen LogP contribution >= 0.6 is 0 Å². The van der Waals surface area contributed by atoms with E-state index in [0.717, 1.165) is 49.5 Å². The van der Waals surface area contributed by atoms with Gasteiger partial charge in [-0.1, -0.05) is 115 Å². The Morgan fingerprint density at radius 2 is 0.891 bits per heavy atom. The molecule has 0 amide bonds. The van der Waals surface area contributed by atoms with E-state index >= 15 is 0 Å². The quantitative estimate of drug-likeness (QED) is 0.200. The van der Waals surface area contributed by atoms with Crippen LogP contribution in [-0.4, -0.2) is 34.1 Å². The molecule has 0 aliphatic rings. The van der Waals surface area contributed by atoms with E-state index in [1.165, 1.54) is 0 Å². The molecule has 0 saturated carbocycles. The van der Waals surface area contributed by atoms with Crippen LogP contribution in [0.4, 0.5) is 0 Å². The van der Waals surface area contributed by atoms with Gasteiger partial charge in [-0.05, 0) is 24.3 Å². The first-order chi connectivity index (χ1) is 22.8. The average molecular weight is 592 g/mol. The summed E-state index contributed by atoms with van der Waals surface area (Å²) in [6, 6.07) is 46.9. The van der Waals surface area contributed by atoms with Crippen molar-refractivity contribution in [3.63, 3.8) is 0 Å². The molecule has 0 spiro atoms. The first-order valence-electron chi connectivity index (χ1n) is 15.1. The molecular formula is C39H25N7. The maximum absolute atomic E-state index is 5.28. The molecule has 0 fully saturated rings. The Morgan fingerprint density at radius 1 is 0.391 bits per heavy atom. The topological polar surface area (TPSA) is 74.3 Å². The van der Waals surface area contributed by atoms with Crippen LogP contribution in [0.25, 0.3) is 78.6 Å².